The fourth-order valence-corrected chi connectivity index (χ4v) is 4.20. The van der Waals surface area contributed by atoms with Crippen molar-refractivity contribution in [1.29, 1.82) is 0 Å². The number of nitrogens with zero attached hydrogens (tertiary/aromatic N) is 6. The second kappa shape index (κ2) is 7.97. The minimum atomic E-state index is -0.338. The van der Waals surface area contributed by atoms with E-state index in [-0.39, 0.29) is 23.5 Å². The van der Waals surface area contributed by atoms with Crippen molar-refractivity contribution in [3.8, 4) is 11.1 Å². The van der Waals surface area contributed by atoms with Crippen LogP contribution in [-0.2, 0) is 24.3 Å². The number of ether oxygens (including phenoxy) is 1. The van der Waals surface area contributed by atoms with Gasteiger partial charge < -0.3 is 4.74 Å². The zero-order chi connectivity index (χ0) is 21.4. The average Bonchev–Trinajstić information content (AvgIpc) is 3.42. The van der Waals surface area contributed by atoms with Gasteiger partial charge in [0, 0.05) is 18.5 Å². The SMILES string of the molecule is COCc1nn2c(nnc3c(=O)n(CCc4cccs4)cnc32)c1-c1ccc(F)cc1. The number of methoxy groups -OCH3 is 1. The Bertz CT molecular complexity index is 1430. The first-order valence-electron chi connectivity index (χ1n) is 9.56. The molecule has 0 N–H and O–H groups in total. The molecule has 0 radical (unpaired) electrons. The lowest BCUT2D eigenvalue weighted by Crippen LogP contribution is -2.23. The van der Waals surface area contributed by atoms with Gasteiger partial charge in [-0.25, -0.2) is 9.37 Å². The first-order chi connectivity index (χ1) is 15.2. The highest BCUT2D eigenvalue weighted by Gasteiger charge is 2.20. The van der Waals surface area contributed by atoms with Gasteiger partial charge in [-0.1, -0.05) is 18.2 Å². The van der Waals surface area contributed by atoms with Gasteiger partial charge in [0.05, 0.1) is 17.9 Å². The topological polar surface area (TPSA) is 87.2 Å². The third-order valence-electron chi connectivity index (χ3n) is 4.97. The Morgan fingerprint density at radius 3 is 2.71 bits per heavy atom. The van der Waals surface area contributed by atoms with E-state index in [2.05, 4.69) is 20.3 Å². The molecule has 0 aliphatic carbocycles. The van der Waals surface area contributed by atoms with Crippen LogP contribution in [0.3, 0.4) is 0 Å². The fourth-order valence-electron chi connectivity index (χ4n) is 3.50. The zero-order valence-corrected chi connectivity index (χ0v) is 17.3. The summed E-state index contributed by atoms with van der Waals surface area (Å²) in [5.41, 5.74) is 2.59. The number of halogens is 1. The minimum absolute atomic E-state index is 0.137. The van der Waals surface area contributed by atoms with E-state index in [1.54, 1.807) is 30.6 Å². The van der Waals surface area contributed by atoms with E-state index in [1.165, 1.54) is 32.4 Å². The molecule has 156 valence electrons. The molecule has 0 spiro atoms. The minimum Gasteiger partial charge on any atom is -0.378 e. The summed E-state index contributed by atoms with van der Waals surface area (Å²) in [5, 5.41) is 15.0. The van der Waals surface area contributed by atoms with Crippen LogP contribution in [0.25, 0.3) is 27.9 Å². The molecular weight excluding hydrogens is 419 g/mol. The molecule has 8 nitrogen and oxygen atoms in total. The molecule has 5 rings (SSSR count). The number of hydrogen-bond donors (Lipinski definition) is 0. The Balaban J connectivity index is 1.64. The maximum Gasteiger partial charge on any atom is 0.283 e. The second-order valence-corrected chi connectivity index (χ2v) is 7.97. The maximum absolute atomic E-state index is 13.4. The Morgan fingerprint density at radius 2 is 1.97 bits per heavy atom. The Kier molecular flexibility index (Phi) is 5.00. The maximum atomic E-state index is 13.4. The summed E-state index contributed by atoms with van der Waals surface area (Å²) >= 11 is 1.65. The molecular formula is C21H17FN6O2S. The second-order valence-electron chi connectivity index (χ2n) is 6.94. The summed E-state index contributed by atoms with van der Waals surface area (Å²) < 4.78 is 21.7. The van der Waals surface area contributed by atoms with Gasteiger partial charge in [0.25, 0.3) is 5.56 Å². The van der Waals surface area contributed by atoms with E-state index < -0.39 is 0 Å². The van der Waals surface area contributed by atoms with Crippen LogP contribution in [0.4, 0.5) is 4.39 Å². The van der Waals surface area contributed by atoms with Crippen LogP contribution in [-0.4, -0.2) is 36.5 Å². The van der Waals surface area contributed by atoms with Gasteiger partial charge in [-0.15, -0.1) is 21.5 Å². The van der Waals surface area contributed by atoms with Crippen LogP contribution in [0.5, 0.6) is 0 Å². The molecule has 0 amide bonds. The van der Waals surface area contributed by atoms with E-state index in [4.69, 9.17) is 4.74 Å². The van der Waals surface area contributed by atoms with E-state index in [1.807, 2.05) is 17.5 Å². The molecule has 0 atom stereocenters. The highest BCUT2D eigenvalue weighted by molar-refractivity contribution is 7.09. The van der Waals surface area contributed by atoms with Crippen LogP contribution in [0.15, 0.2) is 52.9 Å². The molecule has 0 saturated carbocycles. The number of aromatic nitrogens is 6. The zero-order valence-electron chi connectivity index (χ0n) is 16.5. The summed E-state index contributed by atoms with van der Waals surface area (Å²) in [6, 6.07) is 10.0. The lowest BCUT2D eigenvalue weighted by molar-refractivity contribution is 0.181. The third-order valence-corrected chi connectivity index (χ3v) is 5.90. The predicted octanol–water partition coefficient (Wildman–Crippen LogP) is 3.09. The third kappa shape index (κ3) is 3.49. The first-order valence-corrected chi connectivity index (χ1v) is 10.4. The van der Waals surface area contributed by atoms with Gasteiger partial charge in [-0.2, -0.15) is 9.61 Å². The van der Waals surface area contributed by atoms with E-state index in [0.717, 1.165) is 12.0 Å². The van der Waals surface area contributed by atoms with Crippen molar-refractivity contribution in [2.45, 2.75) is 19.6 Å². The smallest absolute Gasteiger partial charge is 0.283 e. The Morgan fingerprint density at radius 1 is 1.13 bits per heavy atom. The molecule has 31 heavy (non-hydrogen) atoms. The highest BCUT2D eigenvalue weighted by atomic mass is 32.1. The molecule has 0 aliphatic heterocycles. The van der Waals surface area contributed by atoms with Crippen molar-refractivity contribution < 1.29 is 9.13 Å². The predicted molar refractivity (Wildman–Crippen MR) is 114 cm³/mol. The summed E-state index contributed by atoms with van der Waals surface area (Å²) in [4.78, 5) is 18.6. The molecule has 4 heterocycles. The van der Waals surface area contributed by atoms with Crippen molar-refractivity contribution in [1.82, 2.24) is 29.4 Å². The van der Waals surface area contributed by atoms with Gasteiger partial charge >= 0.3 is 0 Å². The quantitative estimate of drug-likeness (QED) is 0.407. The first kappa shape index (κ1) is 19.5. The van der Waals surface area contributed by atoms with Crippen molar-refractivity contribution >= 4 is 28.1 Å². The number of thiophene rings is 1. The van der Waals surface area contributed by atoms with Gasteiger partial charge in [-0.05, 0) is 35.6 Å². The van der Waals surface area contributed by atoms with Gasteiger partial charge in [0.1, 0.15) is 12.1 Å². The molecule has 5 aromatic rings. The van der Waals surface area contributed by atoms with Crippen LogP contribution < -0.4 is 5.56 Å². The van der Waals surface area contributed by atoms with Crippen LogP contribution in [0.2, 0.25) is 0 Å². The fraction of sp³-hybridized carbons (Fsp3) is 0.190. The standard InChI is InChI=1S/C21H17FN6O2S/c1-30-11-16-17(13-4-6-14(22)7-5-13)19-25-24-18-20(28(19)26-16)23-12-27(21(18)29)9-8-15-3-2-10-31-15/h2-7,10,12H,8-9,11H2,1H3. The molecule has 0 unspecified atom stereocenters. The van der Waals surface area contributed by atoms with Crippen molar-refractivity contribution in [2.24, 2.45) is 0 Å². The summed E-state index contributed by atoms with van der Waals surface area (Å²) in [6.07, 6.45) is 2.24. The number of benzene rings is 1. The molecule has 1 aromatic carbocycles. The van der Waals surface area contributed by atoms with Crippen molar-refractivity contribution in [2.75, 3.05) is 7.11 Å². The van der Waals surface area contributed by atoms with Gasteiger partial charge in [0.2, 0.25) is 0 Å². The Hall–Kier alpha value is -3.50. The molecule has 0 aliphatic rings. The number of rotatable bonds is 6. The van der Waals surface area contributed by atoms with Crippen molar-refractivity contribution in [3.63, 3.8) is 0 Å². The normalized spacial score (nSPS) is 11.5. The van der Waals surface area contributed by atoms with Crippen LogP contribution in [0.1, 0.15) is 10.6 Å². The van der Waals surface area contributed by atoms with Gasteiger partial charge in [-0.3, -0.25) is 9.36 Å². The highest BCUT2D eigenvalue weighted by Crippen LogP contribution is 2.29. The van der Waals surface area contributed by atoms with E-state index in [0.29, 0.717) is 29.1 Å². The van der Waals surface area contributed by atoms with Gasteiger partial charge in [0.15, 0.2) is 16.8 Å². The number of hydrogen-bond acceptors (Lipinski definition) is 7. The molecule has 0 bridgehead atoms. The van der Waals surface area contributed by atoms with Crippen LogP contribution >= 0.6 is 11.3 Å². The number of aryl methyl sites for hydroxylation is 2. The summed E-state index contributed by atoms with van der Waals surface area (Å²) in [6.45, 7) is 0.715. The van der Waals surface area contributed by atoms with E-state index >= 15 is 0 Å². The molecule has 10 heteroatoms. The average molecular weight is 436 g/mol. The summed E-state index contributed by atoms with van der Waals surface area (Å²) in [7, 11) is 1.56. The molecule has 0 saturated heterocycles. The lowest BCUT2D eigenvalue weighted by atomic mass is 10.1. The summed E-state index contributed by atoms with van der Waals surface area (Å²) in [5.74, 6) is -0.338. The van der Waals surface area contributed by atoms with Crippen LogP contribution in [0, 0.1) is 5.82 Å². The number of fused-ring (bicyclic) bond motifs is 3. The largest absolute Gasteiger partial charge is 0.378 e. The lowest BCUT2D eigenvalue weighted by Gasteiger charge is -2.06. The molecule has 0 fully saturated rings. The molecule has 4 aromatic heterocycles. The monoisotopic (exact) mass is 436 g/mol. The Labute approximate surface area is 179 Å². The van der Waals surface area contributed by atoms with E-state index in [9.17, 15) is 9.18 Å². The van der Waals surface area contributed by atoms with Crippen molar-refractivity contribution in [3.05, 3.63) is 74.8 Å².